The van der Waals surface area contributed by atoms with Crippen LogP contribution in [-0.2, 0) is 20.5 Å². The number of rotatable bonds is 7. The summed E-state index contributed by atoms with van der Waals surface area (Å²) in [4.78, 5) is 13.2. The number of phenolic OH excluding ortho intramolecular Hbond substituents is 2. The minimum atomic E-state index is -0.852. The van der Waals surface area contributed by atoms with Gasteiger partial charge in [-0.15, -0.1) is 0 Å². The summed E-state index contributed by atoms with van der Waals surface area (Å²) in [6.45, 7) is 11.8. The van der Waals surface area contributed by atoms with E-state index >= 15 is 0 Å². The van der Waals surface area contributed by atoms with Gasteiger partial charge in [-0.2, -0.15) is 0 Å². The Bertz CT molecular complexity index is 821. The van der Waals surface area contributed by atoms with Gasteiger partial charge in [0.25, 0.3) is 0 Å². The van der Waals surface area contributed by atoms with Crippen LogP contribution in [0, 0.1) is 5.41 Å². The first-order chi connectivity index (χ1) is 12.9. The molecule has 0 heterocycles. The predicted octanol–water partition coefficient (Wildman–Crippen LogP) is 5.66. The maximum Gasteiger partial charge on any atom is 0.312 e. The number of esters is 1. The molecule has 0 fully saturated rings. The molecule has 1 unspecified atom stereocenters. The van der Waals surface area contributed by atoms with Gasteiger partial charge in [-0.3, -0.25) is 4.79 Å². The number of hydrogen-bond acceptors (Lipinski definition) is 4. The second-order valence-corrected chi connectivity index (χ2v) is 8.97. The van der Waals surface area contributed by atoms with E-state index in [4.69, 9.17) is 4.74 Å². The predicted molar refractivity (Wildman–Crippen MR) is 111 cm³/mol. The van der Waals surface area contributed by atoms with E-state index in [2.05, 4.69) is 13.8 Å². The van der Waals surface area contributed by atoms with Crippen LogP contribution in [0.2, 0.25) is 0 Å². The fraction of sp³-hybridized carbons (Fsp3) is 0.458. The molecule has 4 nitrogen and oxygen atoms in total. The number of benzene rings is 2. The van der Waals surface area contributed by atoms with Crippen molar-refractivity contribution in [3.05, 3.63) is 59.7 Å². The van der Waals surface area contributed by atoms with Crippen molar-refractivity contribution < 1.29 is 19.7 Å². The van der Waals surface area contributed by atoms with E-state index in [1.807, 2.05) is 45.9 Å². The van der Waals surface area contributed by atoms with Gasteiger partial charge in [-0.1, -0.05) is 45.0 Å². The normalized spacial score (nSPS) is 14.4. The van der Waals surface area contributed by atoms with Crippen LogP contribution in [0.5, 0.6) is 11.5 Å². The Hall–Kier alpha value is -2.49. The number of ether oxygens (including phenoxy) is 1. The smallest absolute Gasteiger partial charge is 0.312 e. The highest BCUT2D eigenvalue weighted by molar-refractivity contribution is 5.77. The number of phenols is 2. The van der Waals surface area contributed by atoms with Crippen LogP contribution < -0.4 is 0 Å². The van der Waals surface area contributed by atoms with E-state index in [0.29, 0.717) is 12.8 Å². The summed E-state index contributed by atoms with van der Waals surface area (Å²) in [7, 11) is 0. The summed E-state index contributed by atoms with van der Waals surface area (Å²) < 4.78 is 5.95. The summed E-state index contributed by atoms with van der Waals surface area (Å²) in [5, 5.41) is 19.3. The van der Waals surface area contributed by atoms with Crippen LogP contribution in [0.25, 0.3) is 0 Å². The van der Waals surface area contributed by atoms with Gasteiger partial charge in [0.15, 0.2) is 0 Å². The third kappa shape index (κ3) is 4.86. The van der Waals surface area contributed by atoms with Gasteiger partial charge in [0.2, 0.25) is 0 Å². The summed E-state index contributed by atoms with van der Waals surface area (Å²) in [6, 6.07) is 13.9. The molecule has 0 bridgehead atoms. The zero-order valence-electron chi connectivity index (χ0n) is 17.7. The Morgan fingerprint density at radius 2 is 1.50 bits per heavy atom. The van der Waals surface area contributed by atoms with Crippen molar-refractivity contribution in [3.63, 3.8) is 0 Å². The quantitative estimate of drug-likeness (QED) is 0.605. The molecule has 0 aliphatic carbocycles. The second kappa shape index (κ2) is 7.86. The lowest BCUT2D eigenvalue weighted by Gasteiger charge is -2.38. The highest BCUT2D eigenvalue weighted by atomic mass is 16.6. The Morgan fingerprint density at radius 3 is 2.04 bits per heavy atom. The maximum atomic E-state index is 13.2. The van der Waals surface area contributed by atoms with E-state index in [1.165, 1.54) is 0 Å². The van der Waals surface area contributed by atoms with Gasteiger partial charge in [0.05, 0.1) is 5.41 Å². The number of carbonyl (C=O) groups is 1. The van der Waals surface area contributed by atoms with Gasteiger partial charge in [0.1, 0.15) is 17.1 Å². The molecule has 0 aliphatic rings. The van der Waals surface area contributed by atoms with Crippen LogP contribution >= 0.6 is 0 Å². The summed E-state index contributed by atoms with van der Waals surface area (Å²) >= 11 is 0. The molecule has 2 aromatic rings. The summed E-state index contributed by atoms with van der Waals surface area (Å²) in [5.41, 5.74) is 0.0129. The third-order valence-electron chi connectivity index (χ3n) is 5.64. The van der Waals surface area contributed by atoms with Crippen molar-refractivity contribution >= 4 is 5.97 Å². The van der Waals surface area contributed by atoms with Crippen molar-refractivity contribution in [2.75, 3.05) is 0 Å². The molecule has 0 radical (unpaired) electrons. The zero-order valence-corrected chi connectivity index (χ0v) is 17.7. The van der Waals surface area contributed by atoms with E-state index in [0.717, 1.165) is 11.1 Å². The lowest BCUT2D eigenvalue weighted by atomic mass is 9.69. The first kappa shape index (κ1) is 21.8. The molecule has 1 atom stereocenters. The second-order valence-electron chi connectivity index (χ2n) is 8.97. The molecule has 4 heteroatoms. The van der Waals surface area contributed by atoms with E-state index < -0.39 is 11.0 Å². The van der Waals surface area contributed by atoms with Crippen LogP contribution in [0.15, 0.2) is 48.5 Å². The molecular formula is C24H32O4. The number of carbonyl (C=O) groups excluding carboxylic acids is 1. The Kier molecular flexibility index (Phi) is 6.12. The van der Waals surface area contributed by atoms with Crippen molar-refractivity contribution in [3.8, 4) is 11.5 Å². The molecule has 0 aromatic heterocycles. The van der Waals surface area contributed by atoms with Gasteiger partial charge >= 0.3 is 5.97 Å². The Labute approximate surface area is 168 Å². The average Bonchev–Trinajstić information content (AvgIpc) is 2.61. The molecule has 0 amide bonds. The van der Waals surface area contributed by atoms with Crippen LogP contribution in [0.4, 0.5) is 0 Å². The van der Waals surface area contributed by atoms with Crippen LogP contribution in [-0.4, -0.2) is 16.2 Å². The Balaban J connectivity index is 2.24. The monoisotopic (exact) mass is 384 g/mol. The molecule has 2 rings (SSSR count). The van der Waals surface area contributed by atoms with Crippen molar-refractivity contribution in [2.24, 2.45) is 5.41 Å². The largest absolute Gasteiger partial charge is 0.508 e. The van der Waals surface area contributed by atoms with Crippen molar-refractivity contribution in [2.45, 2.75) is 65.4 Å². The zero-order chi connectivity index (χ0) is 21.2. The summed E-state index contributed by atoms with van der Waals surface area (Å²) in [5.74, 6) is 0.119. The van der Waals surface area contributed by atoms with Gasteiger partial charge in [-0.05, 0) is 74.4 Å². The molecule has 152 valence electrons. The standard InChI is InChI=1S/C24H32O4/c1-7-24(6,16-22(2,3)17-11-13-19(25)14-12-17)21(27)28-23(4,5)18-9-8-10-20(26)15-18/h8-15,25-26H,7,16H2,1-6H3. The van der Waals surface area contributed by atoms with E-state index in [-0.39, 0.29) is 22.9 Å². The van der Waals surface area contributed by atoms with Gasteiger partial charge < -0.3 is 14.9 Å². The molecular weight excluding hydrogens is 352 g/mol. The fourth-order valence-corrected chi connectivity index (χ4v) is 3.63. The minimum Gasteiger partial charge on any atom is -0.508 e. The first-order valence-corrected chi connectivity index (χ1v) is 9.72. The van der Waals surface area contributed by atoms with Crippen LogP contribution in [0.1, 0.15) is 65.5 Å². The molecule has 28 heavy (non-hydrogen) atoms. The topological polar surface area (TPSA) is 66.8 Å². The van der Waals surface area contributed by atoms with Gasteiger partial charge in [-0.25, -0.2) is 0 Å². The summed E-state index contributed by atoms with van der Waals surface area (Å²) in [6.07, 6.45) is 1.25. The molecule has 0 saturated heterocycles. The lowest BCUT2D eigenvalue weighted by Crippen LogP contribution is -2.39. The molecule has 0 saturated carbocycles. The highest BCUT2D eigenvalue weighted by Crippen LogP contribution is 2.41. The number of hydrogen-bond donors (Lipinski definition) is 2. The lowest BCUT2D eigenvalue weighted by molar-refractivity contribution is -0.171. The number of aromatic hydroxyl groups is 2. The average molecular weight is 385 g/mol. The molecule has 0 aliphatic heterocycles. The Morgan fingerprint density at radius 1 is 0.893 bits per heavy atom. The highest BCUT2D eigenvalue weighted by Gasteiger charge is 2.42. The molecule has 2 N–H and O–H groups in total. The van der Waals surface area contributed by atoms with E-state index in [9.17, 15) is 15.0 Å². The molecule has 2 aromatic carbocycles. The van der Waals surface area contributed by atoms with Crippen molar-refractivity contribution in [1.29, 1.82) is 0 Å². The minimum absolute atomic E-state index is 0.147. The van der Waals surface area contributed by atoms with Gasteiger partial charge in [0, 0.05) is 0 Å². The van der Waals surface area contributed by atoms with Crippen LogP contribution in [0.3, 0.4) is 0 Å². The third-order valence-corrected chi connectivity index (χ3v) is 5.64. The maximum absolute atomic E-state index is 13.2. The first-order valence-electron chi connectivity index (χ1n) is 9.72. The molecule has 0 spiro atoms. The van der Waals surface area contributed by atoms with Crippen molar-refractivity contribution in [1.82, 2.24) is 0 Å². The fourth-order valence-electron chi connectivity index (χ4n) is 3.63. The SMILES string of the molecule is CCC(C)(CC(C)(C)c1ccc(O)cc1)C(=O)OC(C)(C)c1cccc(O)c1. The van der Waals surface area contributed by atoms with E-state index in [1.54, 1.807) is 30.3 Å².